The molecule has 0 aromatic carbocycles. The van der Waals surface area contributed by atoms with Crippen LogP contribution in [0.4, 0.5) is 0 Å². The van der Waals surface area contributed by atoms with Gasteiger partial charge < -0.3 is 10.1 Å². The van der Waals surface area contributed by atoms with Gasteiger partial charge >= 0.3 is 5.97 Å². The first-order chi connectivity index (χ1) is 9.88. The number of aromatic nitrogens is 4. The molecular weight excluding hydrogens is 272 g/mol. The lowest BCUT2D eigenvalue weighted by Gasteiger charge is -2.02. The third-order valence-corrected chi connectivity index (χ3v) is 3.26. The van der Waals surface area contributed by atoms with Crippen molar-refractivity contribution in [3.05, 3.63) is 44.9 Å². The Morgan fingerprint density at radius 2 is 2.14 bits per heavy atom. The first-order valence-electron chi connectivity index (χ1n) is 6.36. The molecule has 0 aliphatic heterocycles. The molecule has 0 aliphatic carbocycles. The molecule has 0 fully saturated rings. The van der Waals surface area contributed by atoms with Gasteiger partial charge in [0.1, 0.15) is 5.82 Å². The summed E-state index contributed by atoms with van der Waals surface area (Å²) in [6, 6.07) is 0. The summed E-state index contributed by atoms with van der Waals surface area (Å²) in [5, 5.41) is 12.9. The number of carboxylic acid groups (broad SMARTS) is 1. The number of carbonyl (C=O) groups is 1. The molecule has 2 rings (SSSR count). The number of rotatable bonds is 4. The van der Waals surface area contributed by atoms with Gasteiger partial charge in [-0.05, 0) is 26.0 Å². The maximum atomic E-state index is 11.9. The molecule has 21 heavy (non-hydrogen) atoms. The monoisotopic (exact) mass is 288 g/mol. The first-order valence-corrected chi connectivity index (χ1v) is 6.36. The molecule has 0 aliphatic rings. The minimum atomic E-state index is -1.06. The van der Waals surface area contributed by atoms with E-state index in [4.69, 9.17) is 5.11 Å². The van der Waals surface area contributed by atoms with Crippen LogP contribution in [0.2, 0.25) is 0 Å². The molecule has 7 heteroatoms. The molecular formula is C14H16N4O3. The Hall–Kier alpha value is -2.70. The number of hydrogen-bond acceptors (Lipinski definition) is 4. The molecule has 0 radical (unpaired) electrons. The first kappa shape index (κ1) is 14.7. The van der Waals surface area contributed by atoms with Crippen LogP contribution in [0.1, 0.15) is 28.3 Å². The number of hydrogen-bond donors (Lipinski definition) is 2. The van der Waals surface area contributed by atoms with Gasteiger partial charge in [-0.2, -0.15) is 5.10 Å². The SMILES string of the molecule is Cc1nc(C=Cc2cnn(C)c2C)[nH]c(=O)c1CC(=O)O. The van der Waals surface area contributed by atoms with Crippen LogP contribution in [0.5, 0.6) is 0 Å². The Morgan fingerprint density at radius 3 is 2.67 bits per heavy atom. The van der Waals surface area contributed by atoms with E-state index in [-0.39, 0.29) is 12.0 Å². The van der Waals surface area contributed by atoms with Crippen LogP contribution in [-0.4, -0.2) is 30.8 Å². The Balaban J connectivity index is 2.32. The van der Waals surface area contributed by atoms with Crippen LogP contribution in [0.3, 0.4) is 0 Å². The number of H-pyrrole nitrogens is 1. The van der Waals surface area contributed by atoms with Crippen LogP contribution in [-0.2, 0) is 18.3 Å². The van der Waals surface area contributed by atoms with E-state index in [2.05, 4.69) is 15.1 Å². The van der Waals surface area contributed by atoms with Gasteiger partial charge in [-0.15, -0.1) is 0 Å². The highest BCUT2D eigenvalue weighted by Crippen LogP contribution is 2.10. The van der Waals surface area contributed by atoms with E-state index in [0.29, 0.717) is 11.5 Å². The number of nitrogens with one attached hydrogen (secondary N) is 1. The second-order valence-electron chi connectivity index (χ2n) is 4.73. The summed E-state index contributed by atoms with van der Waals surface area (Å²) in [5.41, 5.74) is 2.09. The number of carboxylic acids is 1. The van der Waals surface area contributed by atoms with Crippen molar-refractivity contribution in [2.24, 2.45) is 7.05 Å². The predicted octanol–water partition coefficient (Wildman–Crippen LogP) is 0.918. The molecule has 0 unspecified atom stereocenters. The van der Waals surface area contributed by atoms with Gasteiger partial charge in [0.05, 0.1) is 12.6 Å². The van der Waals surface area contributed by atoms with Crippen LogP contribution in [0, 0.1) is 13.8 Å². The highest BCUT2D eigenvalue weighted by Gasteiger charge is 2.10. The standard InChI is InChI=1S/C14H16N4O3/c1-8-11(6-13(19)20)14(21)17-12(16-8)5-4-10-7-15-18(3)9(10)2/h4-5,7H,6H2,1-3H3,(H,19,20)(H,16,17,21). The summed E-state index contributed by atoms with van der Waals surface area (Å²) in [6.07, 6.45) is 4.86. The average molecular weight is 288 g/mol. The maximum Gasteiger partial charge on any atom is 0.308 e. The normalized spacial score (nSPS) is 11.2. The summed E-state index contributed by atoms with van der Waals surface area (Å²) in [5.74, 6) is -0.672. The van der Waals surface area contributed by atoms with E-state index in [1.807, 2.05) is 14.0 Å². The van der Waals surface area contributed by atoms with Gasteiger partial charge in [0.2, 0.25) is 0 Å². The number of aryl methyl sites for hydroxylation is 2. The average Bonchev–Trinajstić information content (AvgIpc) is 2.72. The Kier molecular flexibility index (Phi) is 4.02. The molecule has 2 aromatic rings. The largest absolute Gasteiger partial charge is 0.481 e. The van der Waals surface area contributed by atoms with Crippen LogP contribution >= 0.6 is 0 Å². The van der Waals surface area contributed by atoms with E-state index in [9.17, 15) is 9.59 Å². The second-order valence-corrected chi connectivity index (χ2v) is 4.73. The molecule has 0 spiro atoms. The van der Waals surface area contributed by atoms with Crippen molar-refractivity contribution in [2.75, 3.05) is 0 Å². The minimum absolute atomic E-state index is 0.178. The highest BCUT2D eigenvalue weighted by molar-refractivity contribution is 5.71. The Morgan fingerprint density at radius 1 is 1.43 bits per heavy atom. The number of aromatic amines is 1. The van der Waals surface area contributed by atoms with Crippen molar-refractivity contribution in [1.29, 1.82) is 0 Å². The molecule has 2 heterocycles. The van der Waals surface area contributed by atoms with Gasteiger partial charge in [-0.3, -0.25) is 14.3 Å². The van der Waals surface area contributed by atoms with Gasteiger partial charge in [0.15, 0.2) is 0 Å². The third-order valence-electron chi connectivity index (χ3n) is 3.26. The Bertz CT molecular complexity index is 771. The van der Waals surface area contributed by atoms with Gasteiger partial charge in [0, 0.05) is 29.6 Å². The van der Waals surface area contributed by atoms with E-state index in [1.165, 1.54) is 0 Å². The molecule has 0 saturated carbocycles. The van der Waals surface area contributed by atoms with Crippen molar-refractivity contribution in [1.82, 2.24) is 19.7 Å². The highest BCUT2D eigenvalue weighted by atomic mass is 16.4. The zero-order valence-electron chi connectivity index (χ0n) is 12.0. The van der Waals surface area contributed by atoms with Crippen molar-refractivity contribution in [3.8, 4) is 0 Å². The van der Waals surface area contributed by atoms with Gasteiger partial charge in [-0.25, -0.2) is 4.98 Å². The predicted molar refractivity (Wildman–Crippen MR) is 77.8 cm³/mol. The van der Waals surface area contributed by atoms with Gasteiger partial charge in [-0.1, -0.05) is 0 Å². The summed E-state index contributed by atoms with van der Waals surface area (Å²) in [7, 11) is 1.84. The van der Waals surface area contributed by atoms with Crippen LogP contribution < -0.4 is 5.56 Å². The van der Waals surface area contributed by atoms with E-state index < -0.39 is 11.5 Å². The molecule has 0 bridgehead atoms. The number of nitrogens with zero attached hydrogens (tertiary/aromatic N) is 3. The van der Waals surface area contributed by atoms with Crippen LogP contribution in [0.15, 0.2) is 11.0 Å². The van der Waals surface area contributed by atoms with E-state index in [1.54, 1.807) is 30.0 Å². The lowest BCUT2D eigenvalue weighted by molar-refractivity contribution is -0.136. The zero-order chi connectivity index (χ0) is 15.6. The molecule has 0 amide bonds. The molecule has 110 valence electrons. The fraction of sp³-hybridized carbons (Fsp3) is 0.286. The zero-order valence-corrected chi connectivity index (χ0v) is 12.0. The van der Waals surface area contributed by atoms with E-state index in [0.717, 1.165) is 11.3 Å². The van der Waals surface area contributed by atoms with Crippen LogP contribution in [0.25, 0.3) is 12.2 Å². The van der Waals surface area contributed by atoms with Gasteiger partial charge in [0.25, 0.3) is 5.56 Å². The molecule has 2 N–H and O–H groups in total. The topological polar surface area (TPSA) is 101 Å². The second kappa shape index (κ2) is 5.74. The maximum absolute atomic E-state index is 11.9. The smallest absolute Gasteiger partial charge is 0.308 e. The fourth-order valence-electron chi connectivity index (χ4n) is 1.92. The summed E-state index contributed by atoms with van der Waals surface area (Å²) in [6.45, 7) is 3.56. The molecule has 7 nitrogen and oxygen atoms in total. The summed E-state index contributed by atoms with van der Waals surface area (Å²) < 4.78 is 1.75. The van der Waals surface area contributed by atoms with Crippen molar-refractivity contribution in [3.63, 3.8) is 0 Å². The fourth-order valence-corrected chi connectivity index (χ4v) is 1.92. The summed E-state index contributed by atoms with van der Waals surface area (Å²) >= 11 is 0. The molecule has 2 aromatic heterocycles. The minimum Gasteiger partial charge on any atom is -0.481 e. The van der Waals surface area contributed by atoms with Crippen molar-refractivity contribution in [2.45, 2.75) is 20.3 Å². The van der Waals surface area contributed by atoms with Crippen molar-refractivity contribution >= 4 is 18.1 Å². The Labute approximate surface area is 121 Å². The lowest BCUT2D eigenvalue weighted by Crippen LogP contribution is -2.20. The van der Waals surface area contributed by atoms with Crippen molar-refractivity contribution < 1.29 is 9.90 Å². The quantitative estimate of drug-likeness (QED) is 0.871. The lowest BCUT2D eigenvalue weighted by atomic mass is 10.1. The summed E-state index contributed by atoms with van der Waals surface area (Å²) in [4.78, 5) is 29.4. The van der Waals surface area contributed by atoms with E-state index >= 15 is 0 Å². The molecule has 0 atom stereocenters. The molecule has 0 saturated heterocycles. The number of aliphatic carboxylic acids is 1. The third kappa shape index (κ3) is 3.25.